The number of fused-ring (bicyclic) bond motifs is 1. The van der Waals surface area contributed by atoms with Gasteiger partial charge in [-0.05, 0) is 74.6 Å². The van der Waals surface area contributed by atoms with Crippen LogP contribution in [0.1, 0.15) is 101 Å². The van der Waals surface area contributed by atoms with E-state index in [1.807, 2.05) is 19.1 Å². The molecule has 2 aromatic carbocycles. The first-order valence-electron chi connectivity index (χ1n) is 18.0. The zero-order valence-electron chi connectivity index (χ0n) is 32.4. The molecule has 52 heavy (non-hydrogen) atoms. The summed E-state index contributed by atoms with van der Waals surface area (Å²) in [7, 11) is -4.26. The van der Waals surface area contributed by atoms with Gasteiger partial charge in [-0.3, -0.25) is 13.9 Å². The second kappa shape index (κ2) is 15.9. The number of benzene rings is 2. The number of carbonyl (C=O) groups is 3. The van der Waals surface area contributed by atoms with Gasteiger partial charge in [0.1, 0.15) is 4.90 Å². The van der Waals surface area contributed by atoms with Crippen molar-refractivity contribution >= 4 is 56.9 Å². The molecule has 3 amide bonds. The van der Waals surface area contributed by atoms with Gasteiger partial charge in [0.15, 0.2) is 17.5 Å². The molecule has 1 unspecified atom stereocenters. The molecule has 4 rings (SSSR count). The van der Waals surface area contributed by atoms with E-state index in [4.69, 9.17) is 9.47 Å². The molecule has 0 radical (unpaired) electrons. The Morgan fingerprint density at radius 3 is 2.23 bits per heavy atom. The smallest absolute Gasteiger partial charge is 0.418 e. The lowest BCUT2D eigenvalue weighted by Crippen LogP contribution is -2.59. The normalized spacial score (nSPS) is 17.8. The summed E-state index contributed by atoms with van der Waals surface area (Å²) in [5.74, 6) is -1.87. The quantitative estimate of drug-likeness (QED) is 0.133. The van der Waals surface area contributed by atoms with Gasteiger partial charge >= 0.3 is 6.09 Å². The predicted molar refractivity (Wildman–Crippen MR) is 206 cm³/mol. The molecular weight excluding hydrogens is 701 g/mol. The van der Waals surface area contributed by atoms with Crippen LogP contribution in [0, 0.1) is 10.8 Å². The van der Waals surface area contributed by atoms with Crippen molar-refractivity contribution in [3.63, 3.8) is 0 Å². The molecule has 0 aromatic heterocycles. The minimum atomic E-state index is -4.26. The van der Waals surface area contributed by atoms with Crippen molar-refractivity contribution in [1.29, 1.82) is 0 Å². The monoisotopic (exact) mass is 756 g/mol. The number of hydrogen-bond donors (Lipinski definition) is 1. The van der Waals surface area contributed by atoms with E-state index in [1.165, 1.54) is 26.0 Å². The number of thioether (sulfide) groups is 1. The third-order valence-corrected chi connectivity index (χ3v) is 11.8. The van der Waals surface area contributed by atoms with Crippen LogP contribution >= 0.6 is 11.8 Å². The summed E-state index contributed by atoms with van der Waals surface area (Å²) in [6.07, 6.45) is 2.95. The number of ether oxygens (including phenoxy) is 2. The van der Waals surface area contributed by atoms with E-state index in [2.05, 4.69) is 58.8 Å². The maximum Gasteiger partial charge on any atom is 0.418 e. The molecule has 13 heteroatoms. The van der Waals surface area contributed by atoms with Gasteiger partial charge in [0.2, 0.25) is 0 Å². The van der Waals surface area contributed by atoms with Gasteiger partial charge in [0.25, 0.3) is 21.8 Å². The highest BCUT2D eigenvalue weighted by atomic mass is 32.2. The molecule has 1 N–H and O–H groups in total. The lowest BCUT2D eigenvalue weighted by Gasteiger charge is -2.39. The number of carbonyl (C=O) groups excluding carboxylic acids is 3. The van der Waals surface area contributed by atoms with Crippen molar-refractivity contribution in [2.24, 2.45) is 15.8 Å². The number of sulfonamides is 1. The average molecular weight is 757 g/mol. The summed E-state index contributed by atoms with van der Waals surface area (Å²) >= 11 is 1.62. The summed E-state index contributed by atoms with van der Waals surface area (Å²) in [4.78, 5) is 48.0. The summed E-state index contributed by atoms with van der Waals surface area (Å²) in [6.45, 7) is 21.2. The van der Waals surface area contributed by atoms with Crippen LogP contribution in [-0.2, 0) is 29.1 Å². The molecule has 2 aliphatic heterocycles. The molecule has 1 fully saturated rings. The third kappa shape index (κ3) is 9.96. The first-order valence-corrected chi connectivity index (χ1v) is 20.3. The minimum absolute atomic E-state index is 0.0345. The average Bonchev–Trinajstić information content (AvgIpc) is 3.20. The maximum absolute atomic E-state index is 14.7. The van der Waals surface area contributed by atoms with Gasteiger partial charge in [-0.15, -0.1) is 11.8 Å². The van der Waals surface area contributed by atoms with Crippen LogP contribution in [0.5, 0.6) is 0 Å². The molecular formula is C39H56N4O7S2. The van der Waals surface area contributed by atoms with Gasteiger partial charge < -0.3 is 14.8 Å². The Labute approximate surface area is 314 Å². The Kier molecular flexibility index (Phi) is 12.6. The number of nitrogens with zero attached hydrogens (tertiary/aromatic N) is 3. The summed E-state index contributed by atoms with van der Waals surface area (Å²) in [6, 6.07) is 11.8. The fraction of sp³-hybridized carbons (Fsp3) is 0.590. The molecule has 0 bridgehead atoms. The number of amides is 3. The number of nitrogens with one attached hydrogen (secondary N) is 1. The summed E-state index contributed by atoms with van der Waals surface area (Å²) in [5, 5.41) is 2.95. The first-order chi connectivity index (χ1) is 24.1. The minimum Gasteiger partial charge on any atom is -0.433 e. The van der Waals surface area contributed by atoms with Crippen LogP contribution in [0.25, 0.3) is 0 Å². The number of para-hydroxylation sites is 2. The zero-order chi connectivity index (χ0) is 38.7. The highest BCUT2D eigenvalue weighted by molar-refractivity contribution is 8.00. The molecule has 2 aliphatic rings. The second-order valence-corrected chi connectivity index (χ2v) is 20.3. The predicted octanol–water partition coefficient (Wildman–Crippen LogP) is 8.42. The highest BCUT2D eigenvalue weighted by Gasteiger charge is 2.55. The van der Waals surface area contributed by atoms with Gasteiger partial charge in [0.05, 0.1) is 11.4 Å². The van der Waals surface area contributed by atoms with Crippen LogP contribution in [0.3, 0.4) is 0 Å². The Morgan fingerprint density at radius 1 is 0.962 bits per heavy atom. The number of rotatable bonds is 16. The Morgan fingerprint density at radius 2 is 1.60 bits per heavy atom. The zero-order valence-corrected chi connectivity index (χ0v) is 34.0. The molecule has 2 heterocycles. The number of cyclic esters (lactones) is 1. The van der Waals surface area contributed by atoms with E-state index in [0.717, 1.165) is 34.9 Å². The Hall–Kier alpha value is -3.42. The molecule has 0 aliphatic carbocycles. The Balaban J connectivity index is 1.76. The maximum atomic E-state index is 14.7. The number of unbranched alkanes of at least 4 members (excludes halogenated alkanes) is 1. The standard InChI is InChI=1S/C39H56N4O7S2/c1-11-12-23-49-24-17-22-42-32(40-28-19-14-16-21-30(28)52(42,47)48)31(43-34(45)39(9,10)50-35(43)46)33(44)41-27-18-13-15-20-29(27)51-38(7,8)26-37(5,6)25-36(2,3)4/h13-16,18-21,31H,11-12,17,22-26H2,1-10H3,(H,41,44). The summed E-state index contributed by atoms with van der Waals surface area (Å²) < 4.78 is 40.4. The molecule has 1 atom stereocenters. The number of aliphatic imine (C=N–C) groups is 1. The fourth-order valence-electron chi connectivity index (χ4n) is 7.38. The van der Waals surface area contributed by atoms with E-state index >= 15 is 0 Å². The van der Waals surface area contributed by atoms with E-state index < -0.39 is 39.6 Å². The van der Waals surface area contributed by atoms with Crippen LogP contribution < -0.4 is 5.32 Å². The highest BCUT2D eigenvalue weighted by Crippen LogP contribution is 2.47. The SMILES string of the molecule is CCCCOCCCN1C(C(C(=O)Nc2ccccc2SC(C)(C)CC(C)(C)CC(C)(C)C)N2C(=O)OC(C)(C)C2=O)=Nc2ccccc2S1(=O)=O. The first kappa shape index (κ1) is 41.3. The van der Waals surface area contributed by atoms with Gasteiger partial charge in [-0.1, -0.05) is 86.1 Å². The van der Waals surface area contributed by atoms with Crippen molar-refractivity contribution in [2.75, 3.05) is 25.1 Å². The fourth-order valence-corrected chi connectivity index (χ4v) is 10.4. The van der Waals surface area contributed by atoms with Gasteiger partial charge in [-0.25, -0.2) is 23.1 Å². The van der Waals surface area contributed by atoms with Crippen LogP contribution in [0.15, 0.2) is 63.3 Å². The number of hydrogen-bond acceptors (Lipinski definition) is 9. The molecule has 11 nitrogen and oxygen atoms in total. The van der Waals surface area contributed by atoms with Crippen molar-refractivity contribution in [3.05, 3.63) is 48.5 Å². The molecule has 0 saturated carbocycles. The lowest BCUT2D eigenvalue weighted by molar-refractivity contribution is -0.137. The lowest BCUT2D eigenvalue weighted by atomic mass is 9.72. The number of anilines is 1. The van der Waals surface area contributed by atoms with Gasteiger partial charge in [-0.2, -0.15) is 0 Å². The number of imide groups is 1. The van der Waals surface area contributed by atoms with E-state index in [9.17, 15) is 22.8 Å². The molecule has 0 spiro atoms. The van der Waals surface area contributed by atoms with Crippen molar-refractivity contribution in [2.45, 2.75) is 128 Å². The van der Waals surface area contributed by atoms with Crippen LogP contribution in [-0.4, -0.2) is 77.5 Å². The third-order valence-electron chi connectivity index (χ3n) is 8.68. The van der Waals surface area contributed by atoms with Crippen molar-refractivity contribution in [1.82, 2.24) is 9.21 Å². The van der Waals surface area contributed by atoms with E-state index in [1.54, 1.807) is 36.0 Å². The molecule has 2 aromatic rings. The molecule has 1 saturated heterocycles. The summed E-state index contributed by atoms with van der Waals surface area (Å²) in [5.41, 5.74) is -0.844. The van der Waals surface area contributed by atoms with Crippen LogP contribution in [0.2, 0.25) is 0 Å². The largest absolute Gasteiger partial charge is 0.433 e. The van der Waals surface area contributed by atoms with E-state index in [0.29, 0.717) is 17.2 Å². The number of amidine groups is 1. The molecule has 286 valence electrons. The topological polar surface area (TPSA) is 135 Å². The Bertz CT molecular complexity index is 1780. The van der Waals surface area contributed by atoms with Crippen molar-refractivity contribution in [3.8, 4) is 0 Å². The van der Waals surface area contributed by atoms with Gasteiger partial charge in [0, 0.05) is 29.4 Å². The van der Waals surface area contributed by atoms with E-state index in [-0.39, 0.29) is 51.6 Å². The van der Waals surface area contributed by atoms with Crippen molar-refractivity contribution < 1.29 is 32.3 Å². The van der Waals surface area contributed by atoms with Crippen LogP contribution in [0.4, 0.5) is 16.2 Å². The second-order valence-electron chi connectivity index (χ2n) is 16.7.